The van der Waals surface area contributed by atoms with E-state index in [9.17, 15) is 9.90 Å². The van der Waals surface area contributed by atoms with Crippen LogP contribution < -0.4 is 5.32 Å². The van der Waals surface area contributed by atoms with Gasteiger partial charge in [-0.2, -0.15) is 5.10 Å². The Morgan fingerprint density at radius 3 is 3.13 bits per heavy atom. The van der Waals surface area contributed by atoms with Crippen molar-refractivity contribution < 1.29 is 9.90 Å². The van der Waals surface area contributed by atoms with E-state index >= 15 is 0 Å². The van der Waals surface area contributed by atoms with Crippen LogP contribution >= 0.6 is 0 Å². The number of aromatic nitrogens is 5. The van der Waals surface area contributed by atoms with Crippen LogP contribution in [0.15, 0.2) is 24.3 Å². The maximum Gasteiger partial charge on any atom is 0.338 e. The molecule has 8 heteroatoms. The zero-order chi connectivity index (χ0) is 16.0. The number of nitrogens with zero attached hydrogens (tertiary/aromatic N) is 3. The van der Waals surface area contributed by atoms with Gasteiger partial charge in [0, 0.05) is 12.6 Å². The molecule has 0 radical (unpaired) electrons. The highest BCUT2D eigenvalue weighted by atomic mass is 16.4. The van der Waals surface area contributed by atoms with Crippen LogP contribution in [0.2, 0.25) is 0 Å². The summed E-state index contributed by atoms with van der Waals surface area (Å²) in [4.78, 5) is 22.6. The van der Waals surface area contributed by atoms with Crippen molar-refractivity contribution in [1.82, 2.24) is 25.1 Å². The molecule has 8 nitrogen and oxygen atoms in total. The fourth-order valence-corrected chi connectivity index (χ4v) is 2.89. The largest absolute Gasteiger partial charge is 0.478 e. The molecule has 0 saturated heterocycles. The second kappa shape index (κ2) is 4.94. The first-order valence-corrected chi connectivity index (χ1v) is 7.16. The minimum Gasteiger partial charge on any atom is -0.478 e. The molecule has 3 heterocycles. The SMILES string of the molecule is CC1=Cc2[nH]ncc2CC1Nc1ncnc2[nH]cc(C(=O)O)c12. The lowest BCUT2D eigenvalue weighted by Gasteiger charge is -2.23. The summed E-state index contributed by atoms with van der Waals surface area (Å²) in [7, 11) is 0. The maximum absolute atomic E-state index is 11.4. The number of hydrogen-bond acceptors (Lipinski definition) is 5. The predicted molar refractivity (Wildman–Crippen MR) is 84.2 cm³/mol. The molecule has 0 amide bonds. The van der Waals surface area contributed by atoms with Crippen molar-refractivity contribution in [2.24, 2.45) is 0 Å². The van der Waals surface area contributed by atoms with Crippen molar-refractivity contribution in [3.63, 3.8) is 0 Å². The summed E-state index contributed by atoms with van der Waals surface area (Å²) in [6.45, 7) is 2.02. The summed E-state index contributed by atoms with van der Waals surface area (Å²) >= 11 is 0. The number of hydrogen-bond donors (Lipinski definition) is 4. The summed E-state index contributed by atoms with van der Waals surface area (Å²) in [5, 5.41) is 20.2. The number of carboxylic acid groups (broad SMARTS) is 1. The van der Waals surface area contributed by atoms with Crippen molar-refractivity contribution in [2.75, 3.05) is 5.32 Å². The highest BCUT2D eigenvalue weighted by Gasteiger charge is 2.23. The quantitative estimate of drug-likeness (QED) is 0.586. The minimum atomic E-state index is -1.01. The van der Waals surface area contributed by atoms with E-state index in [4.69, 9.17) is 0 Å². The molecule has 4 N–H and O–H groups in total. The molecule has 0 aromatic carbocycles. The van der Waals surface area contributed by atoms with Crippen LogP contribution in [0.3, 0.4) is 0 Å². The summed E-state index contributed by atoms with van der Waals surface area (Å²) in [6.07, 6.45) is 7.45. The van der Waals surface area contributed by atoms with Crippen molar-refractivity contribution in [1.29, 1.82) is 0 Å². The fraction of sp³-hybridized carbons (Fsp3) is 0.200. The van der Waals surface area contributed by atoms with Gasteiger partial charge in [-0.1, -0.05) is 0 Å². The molecular formula is C15H14N6O2. The number of aromatic carboxylic acids is 1. The average molecular weight is 310 g/mol. The maximum atomic E-state index is 11.4. The number of anilines is 1. The monoisotopic (exact) mass is 310 g/mol. The third kappa shape index (κ3) is 2.15. The number of rotatable bonds is 3. The number of nitrogens with one attached hydrogen (secondary N) is 3. The molecule has 1 atom stereocenters. The van der Waals surface area contributed by atoms with E-state index < -0.39 is 5.97 Å². The summed E-state index contributed by atoms with van der Waals surface area (Å²) in [6, 6.07) is 0.0229. The Balaban J connectivity index is 1.74. The Bertz CT molecular complexity index is 938. The second-order valence-corrected chi connectivity index (χ2v) is 5.55. The zero-order valence-corrected chi connectivity index (χ0v) is 12.3. The third-order valence-corrected chi connectivity index (χ3v) is 4.11. The van der Waals surface area contributed by atoms with Gasteiger partial charge in [0.15, 0.2) is 0 Å². The lowest BCUT2D eigenvalue weighted by Crippen LogP contribution is -2.26. The molecule has 0 saturated carbocycles. The van der Waals surface area contributed by atoms with Gasteiger partial charge in [-0.05, 0) is 24.1 Å². The van der Waals surface area contributed by atoms with E-state index in [1.165, 1.54) is 12.5 Å². The van der Waals surface area contributed by atoms with Crippen LogP contribution in [0.4, 0.5) is 5.82 Å². The summed E-state index contributed by atoms with van der Waals surface area (Å²) in [5.74, 6) is -0.500. The lowest BCUT2D eigenvalue weighted by molar-refractivity contribution is 0.0699. The Hall–Kier alpha value is -3.16. The van der Waals surface area contributed by atoms with Crippen LogP contribution in [-0.2, 0) is 6.42 Å². The Morgan fingerprint density at radius 1 is 1.43 bits per heavy atom. The van der Waals surface area contributed by atoms with Gasteiger partial charge < -0.3 is 15.4 Å². The molecule has 3 aromatic heterocycles. The molecule has 1 aliphatic carbocycles. The number of carbonyl (C=O) groups is 1. The number of H-pyrrole nitrogens is 2. The topological polar surface area (TPSA) is 120 Å². The number of carboxylic acids is 1. The van der Waals surface area contributed by atoms with Crippen molar-refractivity contribution >= 4 is 28.9 Å². The molecule has 0 spiro atoms. The highest BCUT2D eigenvalue weighted by Crippen LogP contribution is 2.28. The lowest BCUT2D eigenvalue weighted by atomic mass is 9.93. The van der Waals surface area contributed by atoms with Crippen LogP contribution in [-0.4, -0.2) is 42.3 Å². The summed E-state index contributed by atoms with van der Waals surface area (Å²) in [5.41, 5.74) is 3.92. The Morgan fingerprint density at radius 2 is 2.30 bits per heavy atom. The van der Waals surface area contributed by atoms with E-state index in [-0.39, 0.29) is 11.6 Å². The first-order chi connectivity index (χ1) is 11.1. The number of fused-ring (bicyclic) bond motifs is 2. The average Bonchev–Trinajstić information content (AvgIpc) is 3.14. The van der Waals surface area contributed by atoms with E-state index in [2.05, 4.69) is 30.5 Å². The Labute approximate surface area is 130 Å². The fourth-order valence-electron chi connectivity index (χ4n) is 2.89. The predicted octanol–water partition coefficient (Wildman–Crippen LogP) is 1.82. The molecule has 4 rings (SSSR count). The van der Waals surface area contributed by atoms with Gasteiger partial charge in [-0.25, -0.2) is 14.8 Å². The molecule has 116 valence electrons. The van der Waals surface area contributed by atoms with Crippen LogP contribution in [0.5, 0.6) is 0 Å². The van der Waals surface area contributed by atoms with Crippen molar-refractivity contribution in [3.05, 3.63) is 41.1 Å². The van der Waals surface area contributed by atoms with E-state index in [0.29, 0.717) is 16.9 Å². The molecule has 1 aliphatic rings. The molecule has 0 bridgehead atoms. The molecular weight excluding hydrogens is 296 g/mol. The van der Waals surface area contributed by atoms with Crippen LogP contribution in [0.1, 0.15) is 28.5 Å². The van der Waals surface area contributed by atoms with Gasteiger partial charge in [0.1, 0.15) is 17.8 Å². The van der Waals surface area contributed by atoms with Gasteiger partial charge in [0.2, 0.25) is 0 Å². The van der Waals surface area contributed by atoms with E-state index in [1.54, 1.807) is 0 Å². The first-order valence-electron chi connectivity index (χ1n) is 7.16. The summed E-state index contributed by atoms with van der Waals surface area (Å²) < 4.78 is 0. The molecule has 0 aliphatic heterocycles. The molecule has 0 fully saturated rings. The van der Waals surface area contributed by atoms with E-state index in [1.807, 2.05) is 19.2 Å². The van der Waals surface area contributed by atoms with Gasteiger partial charge in [-0.3, -0.25) is 5.10 Å². The van der Waals surface area contributed by atoms with Gasteiger partial charge in [0.05, 0.1) is 28.9 Å². The van der Waals surface area contributed by atoms with Gasteiger partial charge in [-0.15, -0.1) is 0 Å². The van der Waals surface area contributed by atoms with E-state index in [0.717, 1.165) is 23.3 Å². The highest BCUT2D eigenvalue weighted by molar-refractivity contribution is 6.06. The van der Waals surface area contributed by atoms with Gasteiger partial charge >= 0.3 is 5.97 Å². The molecule has 23 heavy (non-hydrogen) atoms. The van der Waals surface area contributed by atoms with Crippen molar-refractivity contribution in [2.45, 2.75) is 19.4 Å². The van der Waals surface area contributed by atoms with Gasteiger partial charge in [0.25, 0.3) is 0 Å². The zero-order valence-electron chi connectivity index (χ0n) is 12.3. The molecule has 3 aromatic rings. The minimum absolute atomic E-state index is 0.0229. The standard InChI is InChI=1S/C15H14N6O2/c1-7-2-11-8(4-19-21-11)3-10(7)20-14-12-9(15(22)23)5-16-13(12)17-6-18-14/h2,4-6,10H,3H2,1H3,(H,19,21)(H,22,23)(H2,16,17,18,20). The normalized spacial score (nSPS) is 16.9. The molecule has 1 unspecified atom stereocenters. The van der Waals surface area contributed by atoms with Crippen LogP contribution in [0, 0.1) is 0 Å². The second-order valence-electron chi connectivity index (χ2n) is 5.55. The van der Waals surface area contributed by atoms with Crippen LogP contribution in [0.25, 0.3) is 17.1 Å². The first kappa shape index (κ1) is 13.5. The third-order valence-electron chi connectivity index (χ3n) is 4.11. The number of aromatic amines is 2. The Kier molecular flexibility index (Phi) is 2.90. The smallest absolute Gasteiger partial charge is 0.338 e. The van der Waals surface area contributed by atoms with Crippen molar-refractivity contribution in [3.8, 4) is 0 Å².